The molecular weight excluding hydrogens is 341 g/mol. The summed E-state index contributed by atoms with van der Waals surface area (Å²) in [7, 11) is 0. The van der Waals surface area contributed by atoms with Crippen LogP contribution in [0.25, 0.3) is 10.8 Å². The minimum Gasteiger partial charge on any atom is -0.321 e. The Balaban J connectivity index is 2.03. The first-order valence-electron chi connectivity index (χ1n) is 6.50. The number of benzene rings is 3. The first-order chi connectivity index (χ1) is 10.6. The summed E-state index contributed by atoms with van der Waals surface area (Å²) in [6.45, 7) is 0. The third-order valence-corrected chi connectivity index (χ3v) is 4.46. The van der Waals surface area contributed by atoms with E-state index in [1.54, 1.807) is 36.4 Å². The van der Waals surface area contributed by atoms with Crippen molar-refractivity contribution >= 4 is 57.2 Å². The monoisotopic (exact) mass is 349 g/mol. The Kier molecular flexibility index (Phi) is 4.25. The zero-order valence-corrected chi connectivity index (χ0v) is 13.5. The van der Waals surface area contributed by atoms with Gasteiger partial charge in [0.15, 0.2) is 0 Å². The van der Waals surface area contributed by atoms with Crippen LogP contribution in [0.4, 0.5) is 5.69 Å². The number of amides is 1. The number of hydrogen-bond acceptors (Lipinski definition) is 1. The quantitative estimate of drug-likeness (QED) is 0.598. The first kappa shape index (κ1) is 15.2. The summed E-state index contributed by atoms with van der Waals surface area (Å²) < 4.78 is 0. The molecule has 0 aliphatic rings. The van der Waals surface area contributed by atoms with E-state index in [1.165, 1.54) is 0 Å². The van der Waals surface area contributed by atoms with Crippen molar-refractivity contribution in [3.05, 3.63) is 75.2 Å². The van der Waals surface area contributed by atoms with Gasteiger partial charge < -0.3 is 5.32 Å². The number of fused-ring (bicyclic) bond motifs is 1. The SMILES string of the molecule is O=C(Nc1cccc(Cl)c1Cl)c1cccc2c(Cl)cccc12. The summed E-state index contributed by atoms with van der Waals surface area (Å²) in [4.78, 5) is 12.5. The Bertz CT molecular complexity index is 877. The van der Waals surface area contributed by atoms with Gasteiger partial charge in [0.05, 0.1) is 15.7 Å². The van der Waals surface area contributed by atoms with Crippen LogP contribution in [-0.4, -0.2) is 5.91 Å². The molecule has 3 rings (SSSR count). The highest BCUT2D eigenvalue weighted by molar-refractivity contribution is 6.44. The average Bonchev–Trinajstić information content (AvgIpc) is 2.52. The molecule has 0 aliphatic carbocycles. The highest BCUT2D eigenvalue weighted by Gasteiger charge is 2.13. The zero-order chi connectivity index (χ0) is 15.7. The van der Waals surface area contributed by atoms with Gasteiger partial charge in [-0.1, -0.05) is 65.1 Å². The van der Waals surface area contributed by atoms with Crippen LogP contribution in [0, 0.1) is 0 Å². The van der Waals surface area contributed by atoms with Crippen molar-refractivity contribution in [1.29, 1.82) is 0 Å². The van der Waals surface area contributed by atoms with E-state index in [1.807, 2.05) is 18.2 Å². The van der Waals surface area contributed by atoms with Gasteiger partial charge in [-0.2, -0.15) is 0 Å². The molecule has 110 valence electrons. The maximum atomic E-state index is 12.5. The van der Waals surface area contributed by atoms with E-state index in [0.29, 0.717) is 26.3 Å². The van der Waals surface area contributed by atoms with Crippen LogP contribution < -0.4 is 5.32 Å². The summed E-state index contributed by atoms with van der Waals surface area (Å²) in [6, 6.07) is 16.0. The lowest BCUT2D eigenvalue weighted by atomic mass is 10.0. The first-order valence-corrected chi connectivity index (χ1v) is 7.64. The fourth-order valence-corrected chi connectivity index (χ4v) is 2.84. The standard InChI is InChI=1S/C17H10Cl3NO/c18-13-7-2-4-10-11(13)5-1-6-12(10)17(22)21-15-9-3-8-14(19)16(15)20/h1-9H,(H,21,22). The van der Waals surface area contributed by atoms with Gasteiger partial charge in [0.2, 0.25) is 0 Å². The topological polar surface area (TPSA) is 29.1 Å². The van der Waals surface area contributed by atoms with Gasteiger partial charge in [0.1, 0.15) is 0 Å². The molecule has 3 aromatic rings. The second-order valence-electron chi connectivity index (χ2n) is 4.70. The van der Waals surface area contributed by atoms with Crippen LogP contribution in [0.3, 0.4) is 0 Å². The minimum absolute atomic E-state index is 0.267. The second-order valence-corrected chi connectivity index (χ2v) is 5.89. The summed E-state index contributed by atoms with van der Waals surface area (Å²) in [5.41, 5.74) is 0.995. The van der Waals surface area contributed by atoms with Crippen LogP contribution in [0.5, 0.6) is 0 Å². The van der Waals surface area contributed by atoms with Crippen LogP contribution in [0.15, 0.2) is 54.6 Å². The third kappa shape index (κ3) is 2.78. The van der Waals surface area contributed by atoms with E-state index in [-0.39, 0.29) is 5.91 Å². The molecule has 0 saturated carbocycles. The van der Waals surface area contributed by atoms with Crippen molar-refractivity contribution in [2.45, 2.75) is 0 Å². The zero-order valence-electron chi connectivity index (χ0n) is 11.2. The van der Waals surface area contributed by atoms with Crippen molar-refractivity contribution in [2.24, 2.45) is 0 Å². The number of hydrogen-bond donors (Lipinski definition) is 1. The average molecular weight is 351 g/mol. The summed E-state index contributed by atoms with van der Waals surface area (Å²) >= 11 is 18.2. The van der Waals surface area contributed by atoms with Crippen LogP contribution in [0.2, 0.25) is 15.1 Å². The molecule has 3 aromatic carbocycles. The van der Waals surface area contributed by atoms with E-state index in [2.05, 4.69) is 5.32 Å². The fourth-order valence-electron chi connectivity index (χ4n) is 2.26. The number of anilines is 1. The number of nitrogens with one attached hydrogen (secondary N) is 1. The molecule has 1 amide bonds. The van der Waals surface area contributed by atoms with Gasteiger partial charge in [-0.25, -0.2) is 0 Å². The summed E-state index contributed by atoms with van der Waals surface area (Å²) in [5, 5.41) is 5.70. The van der Waals surface area contributed by atoms with E-state index in [9.17, 15) is 4.79 Å². The molecule has 0 fully saturated rings. The van der Waals surface area contributed by atoms with Gasteiger partial charge in [0, 0.05) is 16.0 Å². The number of rotatable bonds is 2. The molecule has 0 bridgehead atoms. The molecule has 0 aromatic heterocycles. The Labute approximate surface area is 142 Å². The number of halogens is 3. The lowest BCUT2D eigenvalue weighted by Gasteiger charge is -2.10. The van der Waals surface area contributed by atoms with Crippen molar-refractivity contribution < 1.29 is 4.79 Å². The Hall–Kier alpha value is -1.74. The normalized spacial score (nSPS) is 10.7. The highest BCUT2D eigenvalue weighted by Crippen LogP contribution is 2.31. The molecule has 0 spiro atoms. The Morgan fingerprint density at radius 1 is 0.773 bits per heavy atom. The van der Waals surface area contributed by atoms with Gasteiger partial charge >= 0.3 is 0 Å². The molecule has 0 unspecified atom stereocenters. The van der Waals surface area contributed by atoms with Gasteiger partial charge in [-0.05, 0) is 29.7 Å². The molecule has 22 heavy (non-hydrogen) atoms. The van der Waals surface area contributed by atoms with Crippen LogP contribution in [-0.2, 0) is 0 Å². The second kappa shape index (κ2) is 6.17. The lowest BCUT2D eigenvalue weighted by Crippen LogP contribution is -2.12. The van der Waals surface area contributed by atoms with Crippen molar-refractivity contribution in [1.82, 2.24) is 0 Å². The molecule has 1 N–H and O–H groups in total. The van der Waals surface area contributed by atoms with Crippen molar-refractivity contribution in [3.8, 4) is 0 Å². The predicted molar refractivity (Wildman–Crippen MR) is 93.4 cm³/mol. The molecular formula is C17H10Cl3NO. The Morgan fingerprint density at radius 3 is 2.23 bits per heavy atom. The van der Waals surface area contributed by atoms with Gasteiger partial charge in [-0.15, -0.1) is 0 Å². The van der Waals surface area contributed by atoms with E-state index in [4.69, 9.17) is 34.8 Å². The minimum atomic E-state index is -0.267. The molecule has 0 saturated heterocycles. The van der Waals surface area contributed by atoms with Crippen molar-refractivity contribution in [3.63, 3.8) is 0 Å². The maximum Gasteiger partial charge on any atom is 0.256 e. The van der Waals surface area contributed by atoms with Gasteiger partial charge in [0.25, 0.3) is 5.91 Å². The molecule has 0 aliphatic heterocycles. The van der Waals surface area contributed by atoms with Crippen LogP contribution in [0.1, 0.15) is 10.4 Å². The molecule has 5 heteroatoms. The molecule has 0 heterocycles. The fraction of sp³-hybridized carbons (Fsp3) is 0. The highest BCUT2D eigenvalue weighted by atomic mass is 35.5. The number of carbonyl (C=O) groups is 1. The number of carbonyl (C=O) groups excluding carboxylic acids is 1. The largest absolute Gasteiger partial charge is 0.321 e. The summed E-state index contributed by atoms with van der Waals surface area (Å²) in [5.74, 6) is -0.267. The van der Waals surface area contributed by atoms with E-state index in [0.717, 1.165) is 10.8 Å². The Morgan fingerprint density at radius 2 is 1.41 bits per heavy atom. The molecule has 0 radical (unpaired) electrons. The third-order valence-electron chi connectivity index (χ3n) is 3.31. The lowest BCUT2D eigenvalue weighted by molar-refractivity contribution is 0.102. The van der Waals surface area contributed by atoms with E-state index < -0.39 is 0 Å². The predicted octanol–water partition coefficient (Wildman–Crippen LogP) is 6.05. The van der Waals surface area contributed by atoms with Gasteiger partial charge in [-0.3, -0.25) is 4.79 Å². The maximum absolute atomic E-state index is 12.5. The molecule has 0 atom stereocenters. The van der Waals surface area contributed by atoms with E-state index >= 15 is 0 Å². The van der Waals surface area contributed by atoms with Crippen LogP contribution >= 0.6 is 34.8 Å². The molecule has 2 nitrogen and oxygen atoms in total. The smallest absolute Gasteiger partial charge is 0.256 e. The summed E-state index contributed by atoms with van der Waals surface area (Å²) in [6.07, 6.45) is 0. The van der Waals surface area contributed by atoms with Crippen molar-refractivity contribution in [2.75, 3.05) is 5.32 Å².